The number of nitrogens with zero attached hydrogens (tertiary/aromatic N) is 2. The van der Waals surface area contributed by atoms with Crippen molar-refractivity contribution >= 4 is 28.6 Å². The molecule has 0 amide bonds. The second-order valence-corrected chi connectivity index (χ2v) is 3.75. The Labute approximate surface area is 81.8 Å². The molecule has 0 aromatic carbocycles. The molecule has 0 aliphatic rings. The van der Waals surface area contributed by atoms with Crippen molar-refractivity contribution in [1.29, 1.82) is 0 Å². The van der Waals surface area contributed by atoms with Crippen LogP contribution < -0.4 is 0 Å². The molecule has 3 nitrogen and oxygen atoms in total. The topological polar surface area (TPSA) is 34.0 Å². The molecule has 0 saturated heterocycles. The van der Waals surface area contributed by atoms with Crippen molar-refractivity contribution in [3.8, 4) is 0 Å². The number of hydrogen-bond donors (Lipinski definition) is 0. The molecule has 0 saturated carbocycles. The van der Waals surface area contributed by atoms with Crippen molar-refractivity contribution in [2.24, 2.45) is 9.98 Å². The van der Waals surface area contributed by atoms with E-state index in [4.69, 9.17) is 4.74 Å². The first-order valence-corrected chi connectivity index (χ1v) is 4.73. The van der Waals surface area contributed by atoms with Crippen LogP contribution in [-0.2, 0) is 4.74 Å². The lowest BCUT2D eigenvalue weighted by molar-refractivity contribution is 0.563. The van der Waals surface area contributed by atoms with Gasteiger partial charge in [0.05, 0.1) is 0 Å². The molecule has 0 spiro atoms. The Balaban J connectivity index is 2.50. The van der Waals surface area contributed by atoms with Crippen molar-refractivity contribution in [1.82, 2.24) is 0 Å². The first kappa shape index (κ1) is 9.92. The average molecular weight is 196 g/mol. The summed E-state index contributed by atoms with van der Waals surface area (Å²) in [5.41, 5.74) is 0. The van der Waals surface area contributed by atoms with Crippen LogP contribution in [0.1, 0.15) is 11.8 Å². The zero-order valence-electron chi connectivity index (χ0n) is 7.94. The fourth-order valence-electron chi connectivity index (χ4n) is 0.698. The van der Waals surface area contributed by atoms with Gasteiger partial charge in [-0.15, -0.1) is 11.3 Å². The minimum atomic E-state index is 0.608. The summed E-state index contributed by atoms with van der Waals surface area (Å²) in [5, 5.41) is 0.946. The highest BCUT2D eigenvalue weighted by Crippen LogP contribution is 2.23. The first-order valence-electron chi connectivity index (χ1n) is 3.91. The van der Waals surface area contributed by atoms with E-state index in [0.717, 1.165) is 5.00 Å². The van der Waals surface area contributed by atoms with Gasteiger partial charge >= 0.3 is 0 Å². The number of rotatable bonds is 2. The Bertz CT molecular complexity index is 328. The van der Waals surface area contributed by atoms with Crippen LogP contribution >= 0.6 is 11.3 Å². The lowest BCUT2D eigenvalue weighted by atomic mass is 10.5. The largest absolute Gasteiger partial charge is 0.432 e. The maximum atomic E-state index is 5.07. The summed E-state index contributed by atoms with van der Waals surface area (Å²) >= 11 is 1.63. The molecule has 70 valence electrons. The predicted octanol–water partition coefficient (Wildman–Crippen LogP) is 2.78. The van der Waals surface area contributed by atoms with Gasteiger partial charge in [0.25, 0.3) is 0 Å². The van der Waals surface area contributed by atoms with Gasteiger partial charge in [-0.3, -0.25) is 4.99 Å². The molecule has 0 aliphatic heterocycles. The molecule has 0 radical (unpaired) electrons. The zero-order valence-corrected chi connectivity index (χ0v) is 8.76. The Hall–Kier alpha value is -1.16. The second kappa shape index (κ2) is 4.77. The minimum absolute atomic E-state index is 0.608. The van der Waals surface area contributed by atoms with Crippen LogP contribution in [0.25, 0.3) is 0 Å². The fourth-order valence-corrected chi connectivity index (χ4v) is 1.40. The van der Waals surface area contributed by atoms with E-state index in [-0.39, 0.29) is 0 Å². The molecule has 4 heteroatoms. The molecule has 1 rings (SSSR count). The van der Waals surface area contributed by atoms with Crippen LogP contribution in [-0.4, -0.2) is 19.3 Å². The van der Waals surface area contributed by atoms with Gasteiger partial charge < -0.3 is 4.74 Å². The third-order valence-electron chi connectivity index (χ3n) is 1.44. The highest BCUT2D eigenvalue weighted by Gasteiger charge is 1.91. The van der Waals surface area contributed by atoms with Gasteiger partial charge in [0.1, 0.15) is 5.00 Å². The summed E-state index contributed by atoms with van der Waals surface area (Å²) in [5.74, 6) is 0.608. The van der Waals surface area contributed by atoms with Gasteiger partial charge in [0, 0.05) is 18.8 Å². The van der Waals surface area contributed by atoms with Crippen molar-refractivity contribution in [3.05, 3.63) is 17.0 Å². The van der Waals surface area contributed by atoms with E-state index in [2.05, 4.69) is 9.98 Å². The molecule has 1 aromatic heterocycles. The summed E-state index contributed by atoms with van der Waals surface area (Å²) in [4.78, 5) is 9.18. The third-order valence-corrected chi connectivity index (χ3v) is 2.35. The minimum Gasteiger partial charge on any atom is -0.432 e. The van der Waals surface area contributed by atoms with Gasteiger partial charge in [-0.25, -0.2) is 4.99 Å². The number of hydrogen-bond acceptors (Lipinski definition) is 4. The van der Waals surface area contributed by atoms with Crippen molar-refractivity contribution in [2.75, 3.05) is 7.05 Å². The molecule has 1 aromatic rings. The Morgan fingerprint density at radius 2 is 2.31 bits per heavy atom. The molecular weight excluding hydrogens is 184 g/mol. The monoisotopic (exact) mass is 196 g/mol. The molecule has 13 heavy (non-hydrogen) atoms. The molecule has 0 unspecified atom stereocenters. The van der Waals surface area contributed by atoms with Crippen molar-refractivity contribution in [2.45, 2.75) is 13.8 Å². The zero-order chi connectivity index (χ0) is 9.68. The standard InChI is InChI=1S/C9H12N2OS/c1-7-4-5-9(13-7)11-6-12-8(2)10-3/h4-6H,1-3H3. The van der Waals surface area contributed by atoms with E-state index >= 15 is 0 Å². The summed E-state index contributed by atoms with van der Waals surface area (Å²) in [6.07, 6.45) is 1.41. The summed E-state index contributed by atoms with van der Waals surface area (Å²) in [7, 11) is 1.68. The van der Waals surface area contributed by atoms with Crippen LogP contribution in [0, 0.1) is 6.92 Å². The van der Waals surface area contributed by atoms with E-state index in [1.165, 1.54) is 11.3 Å². The smallest absolute Gasteiger partial charge is 0.188 e. The van der Waals surface area contributed by atoms with Gasteiger partial charge in [-0.1, -0.05) is 0 Å². The Morgan fingerprint density at radius 3 is 2.85 bits per heavy atom. The van der Waals surface area contributed by atoms with Gasteiger partial charge in [-0.05, 0) is 19.1 Å². The van der Waals surface area contributed by atoms with E-state index in [1.54, 1.807) is 25.3 Å². The van der Waals surface area contributed by atoms with Crippen molar-refractivity contribution in [3.63, 3.8) is 0 Å². The lowest BCUT2D eigenvalue weighted by Crippen LogP contribution is -1.95. The van der Waals surface area contributed by atoms with Crippen LogP contribution in [0.4, 0.5) is 5.00 Å². The molecule has 0 fully saturated rings. The van der Waals surface area contributed by atoms with E-state index in [1.807, 2.05) is 19.1 Å². The van der Waals surface area contributed by atoms with Crippen molar-refractivity contribution < 1.29 is 4.74 Å². The van der Waals surface area contributed by atoms with Gasteiger partial charge in [0.2, 0.25) is 0 Å². The summed E-state index contributed by atoms with van der Waals surface area (Å²) in [6, 6.07) is 3.98. The number of aryl methyl sites for hydroxylation is 1. The highest BCUT2D eigenvalue weighted by molar-refractivity contribution is 7.15. The number of thiophene rings is 1. The van der Waals surface area contributed by atoms with Crippen LogP contribution in [0.3, 0.4) is 0 Å². The third kappa shape index (κ3) is 3.38. The van der Waals surface area contributed by atoms with E-state index in [0.29, 0.717) is 5.90 Å². The molecule has 0 aliphatic carbocycles. The average Bonchev–Trinajstić information content (AvgIpc) is 2.51. The van der Waals surface area contributed by atoms with Crippen LogP contribution in [0.2, 0.25) is 0 Å². The molecule has 0 atom stereocenters. The normalized spacial score (nSPS) is 12.4. The summed E-state index contributed by atoms with van der Waals surface area (Å²) in [6.45, 7) is 3.83. The Morgan fingerprint density at radius 1 is 1.54 bits per heavy atom. The van der Waals surface area contributed by atoms with Gasteiger partial charge in [-0.2, -0.15) is 0 Å². The van der Waals surface area contributed by atoms with Gasteiger partial charge in [0.15, 0.2) is 12.3 Å². The van der Waals surface area contributed by atoms with E-state index in [9.17, 15) is 0 Å². The molecule has 1 heterocycles. The Kier molecular flexibility index (Phi) is 3.64. The summed E-state index contributed by atoms with van der Waals surface area (Å²) < 4.78 is 5.07. The maximum absolute atomic E-state index is 5.07. The molecule has 0 N–H and O–H groups in total. The SMILES string of the molecule is CN=C(C)OC=Nc1ccc(C)s1. The van der Waals surface area contributed by atoms with Crippen LogP contribution in [0.15, 0.2) is 22.1 Å². The lowest BCUT2D eigenvalue weighted by Gasteiger charge is -1.93. The quantitative estimate of drug-likeness (QED) is 0.529. The second-order valence-electron chi connectivity index (χ2n) is 2.48. The first-order chi connectivity index (χ1) is 6.22. The molecule has 0 bridgehead atoms. The maximum Gasteiger partial charge on any atom is 0.188 e. The fraction of sp³-hybridized carbons (Fsp3) is 0.333. The van der Waals surface area contributed by atoms with E-state index < -0.39 is 0 Å². The highest BCUT2D eigenvalue weighted by atomic mass is 32.1. The molecular formula is C9H12N2OS. The predicted molar refractivity (Wildman–Crippen MR) is 57.3 cm³/mol. The number of aliphatic imine (C=N–C) groups is 2. The number of ether oxygens (including phenoxy) is 1. The van der Waals surface area contributed by atoms with Crippen LogP contribution in [0.5, 0.6) is 0 Å².